The second kappa shape index (κ2) is 6.36. The molecule has 1 heterocycles. The van der Waals surface area contributed by atoms with Crippen LogP contribution in [0.2, 0.25) is 0 Å². The maximum absolute atomic E-state index is 14.3. The zero-order chi connectivity index (χ0) is 15.4. The maximum atomic E-state index is 14.3. The highest BCUT2D eigenvalue weighted by Crippen LogP contribution is 2.15. The summed E-state index contributed by atoms with van der Waals surface area (Å²) in [6.07, 6.45) is 3.69. The largest absolute Gasteiger partial charge is 0.409 e. The van der Waals surface area contributed by atoms with Gasteiger partial charge in [-0.1, -0.05) is 17.3 Å². The molecular formula is C14H18FN5O. The summed E-state index contributed by atoms with van der Waals surface area (Å²) in [5.74, 6) is -0.699. The standard InChI is InChI=1S/C14H18FN5O/c1-19(7-10-6-17-20(2)8-10)9-11-4-3-5-12(13(11)15)14(16)18-21/h3-6,8,21H,7,9H2,1-2H3,(H2,16,18). The van der Waals surface area contributed by atoms with Gasteiger partial charge in [0, 0.05) is 37.5 Å². The molecule has 0 aliphatic rings. The van der Waals surface area contributed by atoms with E-state index in [2.05, 4.69) is 10.3 Å². The highest BCUT2D eigenvalue weighted by molar-refractivity contribution is 5.97. The van der Waals surface area contributed by atoms with Gasteiger partial charge in [-0.3, -0.25) is 9.58 Å². The van der Waals surface area contributed by atoms with E-state index in [1.54, 1.807) is 23.0 Å². The van der Waals surface area contributed by atoms with Crippen LogP contribution in [0.25, 0.3) is 0 Å². The number of benzene rings is 1. The Morgan fingerprint density at radius 1 is 1.48 bits per heavy atom. The molecule has 0 bridgehead atoms. The topological polar surface area (TPSA) is 79.7 Å². The lowest BCUT2D eigenvalue weighted by Crippen LogP contribution is -2.20. The normalized spacial score (nSPS) is 12.1. The van der Waals surface area contributed by atoms with Gasteiger partial charge in [0.05, 0.1) is 11.8 Å². The molecular weight excluding hydrogens is 273 g/mol. The fourth-order valence-electron chi connectivity index (χ4n) is 2.17. The molecule has 21 heavy (non-hydrogen) atoms. The molecule has 0 aliphatic carbocycles. The van der Waals surface area contributed by atoms with Crippen LogP contribution < -0.4 is 5.73 Å². The van der Waals surface area contributed by atoms with Crippen LogP contribution in [0, 0.1) is 5.82 Å². The van der Waals surface area contributed by atoms with Crippen molar-refractivity contribution >= 4 is 5.84 Å². The molecule has 0 amide bonds. The molecule has 2 rings (SSSR count). The SMILES string of the molecule is CN(Cc1cnn(C)c1)Cc1cccc(/C(N)=N/O)c1F. The minimum absolute atomic E-state index is 0.102. The van der Waals surface area contributed by atoms with Crippen LogP contribution in [0.4, 0.5) is 4.39 Å². The number of nitrogens with two attached hydrogens (primary N) is 1. The minimum Gasteiger partial charge on any atom is -0.409 e. The van der Waals surface area contributed by atoms with Gasteiger partial charge in [-0.2, -0.15) is 5.10 Å². The number of nitrogens with zero attached hydrogens (tertiary/aromatic N) is 4. The monoisotopic (exact) mass is 291 g/mol. The first kappa shape index (κ1) is 15.0. The molecule has 0 spiro atoms. The van der Waals surface area contributed by atoms with Gasteiger partial charge in [0.2, 0.25) is 0 Å². The Hall–Kier alpha value is -2.41. The number of aryl methyl sites for hydroxylation is 1. The fraction of sp³-hybridized carbons (Fsp3) is 0.286. The fourth-order valence-corrected chi connectivity index (χ4v) is 2.17. The highest BCUT2D eigenvalue weighted by atomic mass is 19.1. The van der Waals surface area contributed by atoms with E-state index >= 15 is 0 Å². The van der Waals surface area contributed by atoms with Crippen LogP contribution >= 0.6 is 0 Å². The molecule has 6 nitrogen and oxygen atoms in total. The van der Waals surface area contributed by atoms with Gasteiger partial charge in [-0.25, -0.2) is 4.39 Å². The van der Waals surface area contributed by atoms with Crippen molar-refractivity contribution in [2.45, 2.75) is 13.1 Å². The lowest BCUT2D eigenvalue weighted by molar-refractivity contribution is 0.312. The molecule has 0 saturated carbocycles. The van der Waals surface area contributed by atoms with Crippen molar-refractivity contribution in [2.24, 2.45) is 17.9 Å². The van der Waals surface area contributed by atoms with Crippen molar-refractivity contribution < 1.29 is 9.60 Å². The van der Waals surface area contributed by atoms with Crippen molar-refractivity contribution in [3.05, 3.63) is 53.1 Å². The molecule has 7 heteroatoms. The van der Waals surface area contributed by atoms with E-state index in [1.165, 1.54) is 6.07 Å². The third kappa shape index (κ3) is 3.57. The molecule has 3 N–H and O–H groups in total. The van der Waals surface area contributed by atoms with Gasteiger partial charge in [0.25, 0.3) is 0 Å². The van der Waals surface area contributed by atoms with Crippen molar-refractivity contribution in [1.29, 1.82) is 0 Å². The summed E-state index contributed by atoms with van der Waals surface area (Å²) in [4.78, 5) is 1.96. The summed E-state index contributed by atoms with van der Waals surface area (Å²) >= 11 is 0. The molecule has 0 atom stereocenters. The van der Waals surface area contributed by atoms with Crippen molar-refractivity contribution in [3.8, 4) is 0 Å². The predicted octanol–water partition coefficient (Wildman–Crippen LogP) is 1.29. The Morgan fingerprint density at radius 2 is 2.24 bits per heavy atom. The molecule has 0 saturated heterocycles. The number of hydrogen-bond acceptors (Lipinski definition) is 4. The Balaban J connectivity index is 2.12. The van der Waals surface area contributed by atoms with E-state index in [4.69, 9.17) is 10.9 Å². The van der Waals surface area contributed by atoms with Gasteiger partial charge in [-0.15, -0.1) is 0 Å². The number of rotatable bonds is 5. The number of amidine groups is 1. The van der Waals surface area contributed by atoms with E-state index in [1.807, 2.05) is 25.2 Å². The summed E-state index contributed by atoms with van der Waals surface area (Å²) in [5, 5.41) is 15.6. The first-order chi connectivity index (χ1) is 10.0. The molecule has 1 aromatic heterocycles. The second-order valence-corrected chi connectivity index (χ2v) is 4.96. The first-order valence-corrected chi connectivity index (χ1v) is 6.42. The summed E-state index contributed by atoms with van der Waals surface area (Å²) in [7, 11) is 3.74. The molecule has 2 aromatic rings. The van der Waals surface area contributed by atoms with Gasteiger partial charge in [0.15, 0.2) is 5.84 Å². The van der Waals surface area contributed by atoms with E-state index in [0.717, 1.165) is 5.56 Å². The third-order valence-corrected chi connectivity index (χ3v) is 3.11. The molecule has 0 radical (unpaired) electrons. The minimum atomic E-state index is -0.467. The molecule has 0 unspecified atom stereocenters. The zero-order valence-electron chi connectivity index (χ0n) is 12.0. The maximum Gasteiger partial charge on any atom is 0.173 e. The van der Waals surface area contributed by atoms with Gasteiger partial charge >= 0.3 is 0 Å². The zero-order valence-corrected chi connectivity index (χ0v) is 12.0. The Kier molecular flexibility index (Phi) is 4.54. The quantitative estimate of drug-likeness (QED) is 0.376. The summed E-state index contributed by atoms with van der Waals surface area (Å²) in [6, 6.07) is 4.85. The van der Waals surface area contributed by atoms with E-state index in [0.29, 0.717) is 18.7 Å². The van der Waals surface area contributed by atoms with Crippen LogP contribution in [0.1, 0.15) is 16.7 Å². The van der Waals surface area contributed by atoms with Gasteiger partial charge in [-0.05, 0) is 13.1 Å². The number of halogens is 1. The third-order valence-electron chi connectivity index (χ3n) is 3.11. The second-order valence-electron chi connectivity index (χ2n) is 4.96. The number of aromatic nitrogens is 2. The Morgan fingerprint density at radius 3 is 2.86 bits per heavy atom. The van der Waals surface area contributed by atoms with Gasteiger partial charge < -0.3 is 10.9 Å². The predicted molar refractivity (Wildman–Crippen MR) is 77.3 cm³/mol. The van der Waals surface area contributed by atoms with E-state index in [-0.39, 0.29) is 11.4 Å². The lowest BCUT2D eigenvalue weighted by atomic mass is 10.1. The van der Waals surface area contributed by atoms with Crippen LogP contribution in [0.15, 0.2) is 35.7 Å². The average Bonchev–Trinajstić information content (AvgIpc) is 2.85. The van der Waals surface area contributed by atoms with E-state index in [9.17, 15) is 4.39 Å². The molecule has 0 aliphatic heterocycles. The Bertz CT molecular complexity index is 653. The molecule has 0 fully saturated rings. The van der Waals surface area contributed by atoms with E-state index < -0.39 is 5.82 Å². The van der Waals surface area contributed by atoms with Crippen molar-refractivity contribution in [1.82, 2.24) is 14.7 Å². The summed E-state index contributed by atoms with van der Waals surface area (Å²) < 4.78 is 16.0. The summed E-state index contributed by atoms with van der Waals surface area (Å²) in [5.41, 5.74) is 7.10. The molecule has 112 valence electrons. The smallest absolute Gasteiger partial charge is 0.173 e. The van der Waals surface area contributed by atoms with Gasteiger partial charge in [0.1, 0.15) is 5.82 Å². The lowest BCUT2D eigenvalue weighted by Gasteiger charge is -2.17. The Labute approximate surface area is 122 Å². The number of oxime groups is 1. The first-order valence-electron chi connectivity index (χ1n) is 6.42. The molecule has 1 aromatic carbocycles. The number of hydrogen-bond donors (Lipinski definition) is 2. The summed E-state index contributed by atoms with van der Waals surface area (Å²) in [6.45, 7) is 1.06. The van der Waals surface area contributed by atoms with Crippen LogP contribution in [-0.4, -0.2) is 32.8 Å². The van der Waals surface area contributed by atoms with Crippen LogP contribution in [0.5, 0.6) is 0 Å². The van der Waals surface area contributed by atoms with Crippen LogP contribution in [-0.2, 0) is 20.1 Å². The average molecular weight is 291 g/mol. The van der Waals surface area contributed by atoms with Crippen LogP contribution in [0.3, 0.4) is 0 Å². The highest BCUT2D eigenvalue weighted by Gasteiger charge is 2.13. The van der Waals surface area contributed by atoms with Crippen molar-refractivity contribution in [2.75, 3.05) is 7.05 Å². The van der Waals surface area contributed by atoms with Crippen molar-refractivity contribution in [3.63, 3.8) is 0 Å².